The van der Waals surface area contributed by atoms with Crippen LogP contribution in [0, 0.1) is 0 Å². The Morgan fingerprint density at radius 2 is 1.95 bits per heavy atom. The Balaban J connectivity index is 2.10. The quantitative estimate of drug-likeness (QED) is 0.787. The number of carbonyl (C=O) groups is 2. The highest BCUT2D eigenvalue weighted by molar-refractivity contribution is 5.88. The van der Waals surface area contributed by atoms with Crippen LogP contribution in [0.3, 0.4) is 0 Å². The minimum atomic E-state index is -1.14. The van der Waals surface area contributed by atoms with Gasteiger partial charge in [-0.25, -0.2) is 9.59 Å². The first kappa shape index (κ1) is 12.2. The van der Waals surface area contributed by atoms with Gasteiger partial charge in [-0.05, 0) is 23.8 Å². The summed E-state index contributed by atoms with van der Waals surface area (Å²) in [4.78, 5) is 25.9. The van der Waals surface area contributed by atoms with Crippen molar-refractivity contribution in [3.05, 3.63) is 51.9 Å². The van der Waals surface area contributed by atoms with Gasteiger partial charge in [0.2, 0.25) is 5.76 Å². The number of benzene rings is 1. The van der Waals surface area contributed by atoms with Gasteiger partial charge in [-0.15, -0.1) is 0 Å². The SMILES string of the molecule is O=C(O)C1=CN=c2cc3c(cc2C1)=CC=C(C(=O)O)O3. The molecule has 0 bridgehead atoms. The van der Waals surface area contributed by atoms with E-state index in [4.69, 9.17) is 14.9 Å². The van der Waals surface area contributed by atoms with E-state index >= 15 is 0 Å². The topological polar surface area (TPSA) is 96.2 Å². The molecule has 0 radical (unpaired) electrons. The third-order valence-electron chi connectivity index (χ3n) is 3.07. The zero-order valence-corrected chi connectivity index (χ0v) is 10.2. The van der Waals surface area contributed by atoms with Gasteiger partial charge in [0, 0.05) is 23.9 Å². The summed E-state index contributed by atoms with van der Waals surface area (Å²) < 4.78 is 5.27. The Hall–Kier alpha value is -2.89. The molecule has 0 aromatic heterocycles. The van der Waals surface area contributed by atoms with Crippen LogP contribution in [0.15, 0.2) is 40.7 Å². The Labute approximate surface area is 112 Å². The lowest BCUT2D eigenvalue weighted by Crippen LogP contribution is -2.25. The van der Waals surface area contributed by atoms with E-state index in [0.717, 1.165) is 5.56 Å². The Kier molecular flexibility index (Phi) is 2.64. The summed E-state index contributed by atoms with van der Waals surface area (Å²) in [5.74, 6) is -1.89. The van der Waals surface area contributed by atoms with Crippen LogP contribution in [0.1, 0.15) is 5.56 Å². The van der Waals surface area contributed by atoms with E-state index in [1.165, 1.54) is 12.3 Å². The number of nitrogens with zero attached hydrogens (tertiary/aromatic N) is 1. The molecule has 0 amide bonds. The Morgan fingerprint density at radius 1 is 1.15 bits per heavy atom. The van der Waals surface area contributed by atoms with Crippen molar-refractivity contribution in [1.29, 1.82) is 0 Å². The molecule has 0 spiro atoms. The van der Waals surface area contributed by atoms with Gasteiger partial charge in [0.1, 0.15) is 5.75 Å². The molecule has 6 nitrogen and oxygen atoms in total. The molecule has 1 aromatic carbocycles. The molecule has 20 heavy (non-hydrogen) atoms. The van der Waals surface area contributed by atoms with Crippen LogP contribution >= 0.6 is 0 Å². The monoisotopic (exact) mass is 271 g/mol. The first-order chi connectivity index (χ1) is 9.54. The fraction of sp³-hybridized carbons (Fsp3) is 0.0714. The van der Waals surface area contributed by atoms with Gasteiger partial charge in [0.05, 0.1) is 10.9 Å². The van der Waals surface area contributed by atoms with Crippen molar-refractivity contribution < 1.29 is 24.5 Å². The smallest absolute Gasteiger partial charge is 0.371 e. The average Bonchev–Trinajstić information content (AvgIpc) is 2.43. The van der Waals surface area contributed by atoms with Crippen molar-refractivity contribution in [2.45, 2.75) is 6.42 Å². The summed E-state index contributed by atoms with van der Waals surface area (Å²) in [6, 6.07) is 3.38. The lowest BCUT2D eigenvalue weighted by molar-refractivity contribution is -0.135. The highest BCUT2D eigenvalue weighted by atomic mass is 16.5. The van der Waals surface area contributed by atoms with Gasteiger partial charge >= 0.3 is 11.9 Å². The summed E-state index contributed by atoms with van der Waals surface area (Å²) >= 11 is 0. The lowest BCUT2D eigenvalue weighted by Gasteiger charge is -2.14. The van der Waals surface area contributed by atoms with Crippen LogP contribution < -0.4 is 15.3 Å². The van der Waals surface area contributed by atoms with Crippen molar-refractivity contribution in [2.24, 2.45) is 4.99 Å². The highest BCUT2D eigenvalue weighted by Gasteiger charge is 2.18. The maximum atomic E-state index is 10.9. The molecule has 1 aromatic rings. The normalized spacial score (nSPS) is 15.4. The largest absolute Gasteiger partial charge is 0.478 e. The van der Waals surface area contributed by atoms with E-state index in [-0.39, 0.29) is 17.8 Å². The maximum Gasteiger partial charge on any atom is 0.371 e. The minimum Gasteiger partial charge on any atom is -0.478 e. The third kappa shape index (κ3) is 1.97. The van der Waals surface area contributed by atoms with Crippen LogP contribution in [0.2, 0.25) is 0 Å². The van der Waals surface area contributed by atoms with Crippen molar-refractivity contribution in [3.8, 4) is 5.75 Å². The molecule has 100 valence electrons. The van der Waals surface area contributed by atoms with Gasteiger partial charge in [-0.1, -0.05) is 0 Å². The molecule has 0 fully saturated rings. The van der Waals surface area contributed by atoms with Gasteiger partial charge in [0.25, 0.3) is 0 Å². The predicted octanol–water partition coefficient (Wildman–Crippen LogP) is -0.0278. The number of aliphatic carboxylic acids is 2. The number of ether oxygens (including phenoxy) is 1. The van der Waals surface area contributed by atoms with Gasteiger partial charge in [-0.2, -0.15) is 0 Å². The lowest BCUT2D eigenvalue weighted by atomic mass is 10.0. The second-order valence-electron chi connectivity index (χ2n) is 4.39. The molecular formula is C14H9NO5. The second kappa shape index (κ2) is 4.34. The molecule has 0 saturated carbocycles. The molecular weight excluding hydrogens is 262 g/mol. The molecule has 3 rings (SSSR count). The molecule has 6 heteroatoms. The fourth-order valence-electron chi connectivity index (χ4n) is 2.08. The van der Waals surface area contributed by atoms with Crippen LogP contribution in [0.5, 0.6) is 5.75 Å². The molecule has 0 saturated heterocycles. The van der Waals surface area contributed by atoms with E-state index < -0.39 is 11.9 Å². The van der Waals surface area contributed by atoms with Crippen LogP contribution in [-0.4, -0.2) is 22.2 Å². The van der Waals surface area contributed by atoms with Gasteiger partial charge in [-0.3, -0.25) is 4.99 Å². The van der Waals surface area contributed by atoms with E-state index in [2.05, 4.69) is 4.99 Å². The predicted molar refractivity (Wildman–Crippen MR) is 67.5 cm³/mol. The fourth-order valence-corrected chi connectivity index (χ4v) is 2.08. The number of hydrogen-bond donors (Lipinski definition) is 2. The summed E-state index contributed by atoms with van der Waals surface area (Å²) in [5, 5.41) is 19.1. The first-order valence-electron chi connectivity index (χ1n) is 5.81. The minimum absolute atomic E-state index is 0.157. The molecule has 2 heterocycles. The number of fused-ring (bicyclic) bond motifs is 2. The van der Waals surface area contributed by atoms with Crippen molar-refractivity contribution >= 4 is 18.0 Å². The number of rotatable bonds is 2. The molecule has 2 N–H and O–H groups in total. The summed E-state index contributed by atoms with van der Waals surface area (Å²) in [6.07, 6.45) is 4.58. The highest BCUT2D eigenvalue weighted by Crippen LogP contribution is 2.15. The van der Waals surface area contributed by atoms with Gasteiger partial charge in [0.15, 0.2) is 0 Å². The number of carboxylic acids is 2. The van der Waals surface area contributed by atoms with Crippen molar-refractivity contribution in [1.82, 2.24) is 0 Å². The van der Waals surface area contributed by atoms with Gasteiger partial charge < -0.3 is 14.9 Å². The Bertz CT molecular complexity index is 747. The molecule has 2 aliphatic heterocycles. The molecule has 2 aliphatic rings. The average molecular weight is 271 g/mol. The van der Waals surface area contributed by atoms with Crippen LogP contribution in [-0.2, 0) is 16.0 Å². The summed E-state index contributed by atoms with van der Waals surface area (Å²) in [5.41, 5.74) is 0.992. The van der Waals surface area contributed by atoms with Crippen molar-refractivity contribution in [3.63, 3.8) is 0 Å². The van der Waals surface area contributed by atoms with E-state index in [0.29, 0.717) is 16.3 Å². The molecule has 0 aliphatic carbocycles. The zero-order valence-electron chi connectivity index (χ0n) is 10.2. The zero-order chi connectivity index (χ0) is 14.3. The Morgan fingerprint density at radius 3 is 2.65 bits per heavy atom. The van der Waals surface area contributed by atoms with Crippen LogP contribution in [0.25, 0.3) is 6.08 Å². The van der Waals surface area contributed by atoms with Crippen molar-refractivity contribution in [2.75, 3.05) is 0 Å². The standard InChI is InChI=1S/C14H9NO5/c16-13(17)9-4-8-3-7-1-2-11(14(18)19)20-12(7)5-10(8)15-6-9/h1-3,5-6H,4H2,(H,16,17)(H,18,19). The third-order valence-corrected chi connectivity index (χ3v) is 3.07. The van der Waals surface area contributed by atoms with E-state index in [1.807, 2.05) is 0 Å². The summed E-state index contributed by atoms with van der Waals surface area (Å²) in [7, 11) is 0. The second-order valence-corrected chi connectivity index (χ2v) is 4.39. The van der Waals surface area contributed by atoms with Crippen LogP contribution in [0.4, 0.5) is 0 Å². The van der Waals surface area contributed by atoms with E-state index in [1.54, 1.807) is 18.2 Å². The molecule has 0 unspecified atom stereocenters. The number of hydrogen-bond acceptors (Lipinski definition) is 4. The number of allylic oxidation sites excluding steroid dienone is 1. The first-order valence-corrected chi connectivity index (χ1v) is 5.81. The molecule has 0 atom stereocenters. The number of carboxylic acid groups (broad SMARTS) is 2. The summed E-state index contributed by atoms with van der Waals surface area (Å²) in [6.45, 7) is 0. The van der Waals surface area contributed by atoms with E-state index in [9.17, 15) is 9.59 Å². The maximum absolute atomic E-state index is 10.9.